The maximum Gasteiger partial charge on any atom is 0.231 e. The van der Waals surface area contributed by atoms with Gasteiger partial charge in [-0.2, -0.15) is 0 Å². The van der Waals surface area contributed by atoms with Crippen molar-refractivity contribution in [2.75, 3.05) is 32.3 Å². The molecular formula is C36H49N3O4. The van der Waals surface area contributed by atoms with Crippen LogP contribution in [0.5, 0.6) is 5.75 Å². The van der Waals surface area contributed by atoms with Crippen LogP contribution < -0.4 is 9.64 Å². The van der Waals surface area contributed by atoms with Crippen LogP contribution in [0.4, 0.5) is 5.82 Å². The minimum Gasteiger partial charge on any atom is -0.496 e. The number of methoxy groups -OCH3 is 2. The largest absolute Gasteiger partial charge is 0.496 e. The number of pyridine rings is 1. The molecule has 0 bridgehead atoms. The van der Waals surface area contributed by atoms with Crippen LogP contribution in [0.25, 0.3) is 11.3 Å². The Labute approximate surface area is 257 Å². The van der Waals surface area contributed by atoms with E-state index in [2.05, 4.69) is 29.9 Å². The Morgan fingerprint density at radius 3 is 2.33 bits per heavy atom. The van der Waals surface area contributed by atoms with Crippen LogP contribution in [-0.2, 0) is 9.53 Å². The highest BCUT2D eigenvalue weighted by Crippen LogP contribution is 2.41. The number of amides is 1. The molecule has 0 unspecified atom stereocenters. The van der Waals surface area contributed by atoms with E-state index >= 15 is 0 Å². The van der Waals surface area contributed by atoms with Gasteiger partial charge in [0.05, 0.1) is 7.11 Å². The lowest BCUT2D eigenvalue weighted by molar-refractivity contribution is -0.123. The van der Waals surface area contributed by atoms with Gasteiger partial charge in [-0.3, -0.25) is 9.69 Å². The highest BCUT2D eigenvalue weighted by atomic mass is 16.5. The van der Waals surface area contributed by atoms with Gasteiger partial charge in [-0.1, -0.05) is 31.4 Å². The van der Waals surface area contributed by atoms with Crippen LogP contribution in [0.2, 0.25) is 0 Å². The van der Waals surface area contributed by atoms with Gasteiger partial charge in [0, 0.05) is 43.9 Å². The zero-order valence-electron chi connectivity index (χ0n) is 26.5. The molecule has 6 rings (SSSR count). The lowest BCUT2D eigenvalue weighted by Gasteiger charge is -2.35. The number of hydrogen-bond donors (Lipinski definition) is 0. The number of rotatable bonds is 9. The molecule has 3 fully saturated rings. The molecule has 0 saturated heterocycles. The van der Waals surface area contributed by atoms with Crippen LogP contribution in [0.3, 0.4) is 0 Å². The van der Waals surface area contributed by atoms with Crippen molar-refractivity contribution in [3.05, 3.63) is 59.8 Å². The standard InChI is InChI=1S/C33H41N3O3.C3H8O/c1-22-18-27(14-15-30(22)38-2)24-10-8-23(9-11-24)20-36(33(37)26-6-4-3-5-7-26)31-19-28(16-17-34-31)29-21-39-32(35-29)25-12-13-25;1-3-4-2/h14-19,21,23-26H,3-13,20H2,1-2H3;3H2,1-2H3. The van der Waals surface area contributed by atoms with Crippen molar-refractivity contribution in [2.45, 2.75) is 96.3 Å². The molecule has 0 radical (unpaired) electrons. The van der Waals surface area contributed by atoms with E-state index in [4.69, 9.17) is 19.1 Å². The van der Waals surface area contributed by atoms with Gasteiger partial charge in [-0.05, 0) is 106 Å². The summed E-state index contributed by atoms with van der Waals surface area (Å²) in [5, 5.41) is 0. The molecule has 0 aliphatic heterocycles. The number of aromatic nitrogens is 2. The van der Waals surface area contributed by atoms with Crippen molar-refractivity contribution < 1.29 is 18.7 Å². The van der Waals surface area contributed by atoms with E-state index in [9.17, 15) is 4.79 Å². The van der Waals surface area contributed by atoms with Crippen molar-refractivity contribution in [3.8, 4) is 17.0 Å². The average Bonchev–Trinajstić information content (AvgIpc) is 3.80. The molecule has 0 N–H and O–H groups in total. The van der Waals surface area contributed by atoms with Crippen molar-refractivity contribution in [3.63, 3.8) is 0 Å². The van der Waals surface area contributed by atoms with Crippen molar-refractivity contribution in [1.82, 2.24) is 9.97 Å². The monoisotopic (exact) mass is 587 g/mol. The Balaban J connectivity index is 0.000000868. The second-order valence-corrected chi connectivity index (χ2v) is 12.6. The van der Waals surface area contributed by atoms with Gasteiger partial charge < -0.3 is 13.9 Å². The van der Waals surface area contributed by atoms with E-state index in [1.165, 1.54) is 17.5 Å². The minimum absolute atomic E-state index is 0.108. The Kier molecular flexibility index (Phi) is 10.9. The molecule has 232 valence electrons. The number of aryl methyl sites for hydroxylation is 1. The summed E-state index contributed by atoms with van der Waals surface area (Å²) in [5.74, 6) is 4.43. The molecule has 3 saturated carbocycles. The lowest BCUT2D eigenvalue weighted by atomic mass is 9.78. The predicted molar refractivity (Wildman–Crippen MR) is 171 cm³/mol. The first-order valence-electron chi connectivity index (χ1n) is 16.4. The van der Waals surface area contributed by atoms with E-state index in [1.54, 1.807) is 20.5 Å². The molecular weight excluding hydrogens is 538 g/mol. The fourth-order valence-electron chi connectivity index (χ4n) is 6.62. The number of carbonyl (C=O) groups is 1. The number of nitrogens with zero attached hydrogens (tertiary/aromatic N) is 3. The molecule has 0 atom stereocenters. The topological polar surface area (TPSA) is 77.7 Å². The number of benzene rings is 1. The molecule has 43 heavy (non-hydrogen) atoms. The highest BCUT2D eigenvalue weighted by molar-refractivity contribution is 5.94. The van der Waals surface area contributed by atoms with Gasteiger partial charge in [0.1, 0.15) is 23.5 Å². The third-order valence-corrected chi connectivity index (χ3v) is 9.45. The Hall–Kier alpha value is -3.19. The van der Waals surface area contributed by atoms with E-state index in [0.717, 1.165) is 106 Å². The summed E-state index contributed by atoms with van der Waals surface area (Å²) in [5.41, 5.74) is 4.41. The molecule has 3 aliphatic rings. The van der Waals surface area contributed by atoms with Crippen molar-refractivity contribution in [2.24, 2.45) is 11.8 Å². The van der Waals surface area contributed by atoms with E-state index < -0.39 is 0 Å². The summed E-state index contributed by atoms with van der Waals surface area (Å²) < 4.78 is 15.8. The van der Waals surface area contributed by atoms with Crippen molar-refractivity contribution >= 4 is 11.7 Å². The Bertz CT molecular complexity index is 1320. The fraction of sp³-hybridized carbons (Fsp3) is 0.583. The summed E-state index contributed by atoms with van der Waals surface area (Å²) in [6.07, 6.45) is 16.0. The van der Waals surface area contributed by atoms with Crippen LogP contribution >= 0.6 is 0 Å². The lowest BCUT2D eigenvalue weighted by Crippen LogP contribution is -2.41. The number of hydrogen-bond acceptors (Lipinski definition) is 6. The normalized spacial score (nSPS) is 20.7. The van der Waals surface area contributed by atoms with Crippen LogP contribution in [0.15, 0.2) is 47.2 Å². The molecule has 1 amide bonds. The molecule has 1 aromatic carbocycles. The van der Waals surface area contributed by atoms with Gasteiger partial charge in [0.2, 0.25) is 5.91 Å². The Morgan fingerprint density at radius 2 is 1.67 bits per heavy atom. The smallest absolute Gasteiger partial charge is 0.231 e. The molecule has 2 aromatic heterocycles. The first kappa shape index (κ1) is 31.2. The quantitative estimate of drug-likeness (QED) is 0.250. The molecule has 7 nitrogen and oxygen atoms in total. The third-order valence-electron chi connectivity index (χ3n) is 9.45. The first-order valence-corrected chi connectivity index (χ1v) is 16.4. The number of anilines is 1. The second-order valence-electron chi connectivity index (χ2n) is 12.6. The van der Waals surface area contributed by atoms with Crippen LogP contribution in [-0.4, -0.2) is 43.2 Å². The minimum atomic E-state index is 0.108. The van der Waals surface area contributed by atoms with Gasteiger partial charge in [0.15, 0.2) is 5.89 Å². The van der Waals surface area contributed by atoms with Gasteiger partial charge in [0.25, 0.3) is 0 Å². The molecule has 7 heteroatoms. The molecule has 3 aliphatic carbocycles. The van der Waals surface area contributed by atoms with Crippen molar-refractivity contribution in [1.29, 1.82) is 0 Å². The van der Waals surface area contributed by atoms with Gasteiger partial charge >= 0.3 is 0 Å². The SMILES string of the molecule is CCOC.COc1ccc(C2CCC(CN(C(=O)C3CCCCC3)c3cc(-c4coc(C5CC5)n4)ccn3)CC2)cc1C. The number of oxazole rings is 1. The van der Waals surface area contributed by atoms with E-state index in [-0.39, 0.29) is 11.8 Å². The summed E-state index contributed by atoms with van der Waals surface area (Å²) in [6.45, 7) is 5.64. The maximum absolute atomic E-state index is 13.9. The fourth-order valence-corrected chi connectivity index (χ4v) is 6.62. The first-order chi connectivity index (χ1) is 21.0. The van der Waals surface area contributed by atoms with Gasteiger partial charge in [-0.25, -0.2) is 9.97 Å². The summed E-state index contributed by atoms with van der Waals surface area (Å²) >= 11 is 0. The van der Waals surface area contributed by atoms with Crippen LogP contribution in [0.1, 0.15) is 106 Å². The average molecular weight is 588 g/mol. The maximum atomic E-state index is 13.9. The molecule has 0 spiro atoms. The summed E-state index contributed by atoms with van der Waals surface area (Å²) in [4.78, 5) is 25.4. The zero-order chi connectivity index (χ0) is 30.2. The molecule has 3 aromatic rings. The van der Waals surface area contributed by atoms with E-state index in [1.807, 2.05) is 30.2 Å². The summed E-state index contributed by atoms with van der Waals surface area (Å²) in [7, 11) is 3.41. The Morgan fingerprint density at radius 1 is 0.953 bits per heavy atom. The number of ether oxygens (including phenoxy) is 2. The molecule has 2 heterocycles. The zero-order valence-corrected chi connectivity index (χ0v) is 26.5. The summed E-state index contributed by atoms with van der Waals surface area (Å²) in [6, 6.07) is 10.6. The van der Waals surface area contributed by atoms with Gasteiger partial charge in [-0.15, -0.1) is 0 Å². The number of carbonyl (C=O) groups excluding carboxylic acids is 1. The van der Waals surface area contributed by atoms with E-state index in [0.29, 0.717) is 17.8 Å². The second kappa shape index (κ2) is 15.0. The highest BCUT2D eigenvalue weighted by Gasteiger charge is 2.32. The predicted octanol–water partition coefficient (Wildman–Crippen LogP) is 8.47. The third kappa shape index (κ3) is 8.05. The van der Waals surface area contributed by atoms with Crippen LogP contribution in [0, 0.1) is 18.8 Å².